The van der Waals surface area contributed by atoms with Gasteiger partial charge in [0.05, 0.1) is 19.7 Å². The molecule has 5 nitrogen and oxygen atoms in total. The van der Waals surface area contributed by atoms with Crippen molar-refractivity contribution < 1.29 is 9.47 Å². The molecule has 0 bridgehead atoms. The topological polar surface area (TPSA) is 55.4 Å². The maximum absolute atomic E-state index is 6.11. The second-order valence-electron chi connectivity index (χ2n) is 8.14. The lowest BCUT2D eigenvalue weighted by atomic mass is 9.90. The molecule has 0 amide bonds. The van der Waals surface area contributed by atoms with Crippen LogP contribution in [-0.4, -0.2) is 37.8 Å². The molecule has 3 aromatic rings. The molecule has 4 rings (SSSR count). The lowest BCUT2D eigenvalue weighted by Crippen LogP contribution is -2.37. The highest BCUT2D eigenvalue weighted by Crippen LogP contribution is 2.28. The van der Waals surface area contributed by atoms with Gasteiger partial charge in [0.15, 0.2) is 0 Å². The number of rotatable bonds is 8. The van der Waals surface area contributed by atoms with Gasteiger partial charge in [0.2, 0.25) is 0 Å². The molecule has 164 valence electrons. The Balaban J connectivity index is 1.26. The van der Waals surface area contributed by atoms with Gasteiger partial charge in [-0.15, -0.1) is 0 Å². The largest absolute Gasteiger partial charge is 0.497 e. The van der Waals surface area contributed by atoms with E-state index in [1.54, 1.807) is 14.2 Å². The van der Waals surface area contributed by atoms with E-state index in [0.717, 1.165) is 58.9 Å². The minimum atomic E-state index is 0.488. The van der Waals surface area contributed by atoms with Crippen molar-refractivity contribution in [1.82, 2.24) is 10.3 Å². The van der Waals surface area contributed by atoms with Gasteiger partial charge < -0.3 is 20.1 Å². The molecule has 31 heavy (non-hydrogen) atoms. The van der Waals surface area contributed by atoms with Crippen molar-refractivity contribution in [3.05, 3.63) is 59.2 Å². The summed E-state index contributed by atoms with van der Waals surface area (Å²) in [5.74, 6) is 1.68. The third-order valence-corrected chi connectivity index (χ3v) is 6.28. The fourth-order valence-corrected chi connectivity index (χ4v) is 4.51. The molecule has 1 fully saturated rings. The number of hydrogen-bond acceptors (Lipinski definition) is 5. The average molecular weight is 440 g/mol. The van der Waals surface area contributed by atoms with Crippen molar-refractivity contribution in [1.29, 1.82) is 0 Å². The first kappa shape index (κ1) is 21.7. The van der Waals surface area contributed by atoms with Crippen LogP contribution in [0.5, 0.6) is 11.5 Å². The molecule has 0 saturated heterocycles. The van der Waals surface area contributed by atoms with Crippen molar-refractivity contribution in [2.24, 2.45) is 0 Å². The summed E-state index contributed by atoms with van der Waals surface area (Å²) in [6.07, 6.45) is 7.46. The lowest BCUT2D eigenvalue weighted by molar-refractivity contribution is 0.355. The summed E-state index contributed by atoms with van der Waals surface area (Å²) in [5.41, 5.74) is 3.30. The summed E-state index contributed by atoms with van der Waals surface area (Å²) < 4.78 is 10.7. The number of fused-ring (bicyclic) bond motifs is 1. The predicted molar refractivity (Wildman–Crippen MR) is 128 cm³/mol. The van der Waals surface area contributed by atoms with Gasteiger partial charge in [0.1, 0.15) is 11.5 Å². The van der Waals surface area contributed by atoms with Gasteiger partial charge in [-0.2, -0.15) is 0 Å². The van der Waals surface area contributed by atoms with E-state index in [4.69, 9.17) is 21.1 Å². The summed E-state index contributed by atoms with van der Waals surface area (Å²) >= 11 is 6.11. The van der Waals surface area contributed by atoms with Crippen LogP contribution in [0.4, 0.5) is 5.69 Å². The molecule has 1 aliphatic rings. The second kappa shape index (κ2) is 10.2. The molecule has 1 aromatic heterocycles. The summed E-state index contributed by atoms with van der Waals surface area (Å²) in [6.45, 7) is 0.953. The van der Waals surface area contributed by atoms with Crippen molar-refractivity contribution in [2.45, 2.75) is 44.2 Å². The number of nitrogens with one attached hydrogen (secondary N) is 2. The molecule has 2 aromatic carbocycles. The Morgan fingerprint density at radius 3 is 2.35 bits per heavy atom. The smallest absolute Gasteiger partial charge is 0.122 e. The van der Waals surface area contributed by atoms with Gasteiger partial charge >= 0.3 is 0 Å². The standard InChI is InChI=1S/C25H30ClN3O2/c1-30-21-13-17(14-22(16-21)31-2)9-11-27-19-4-6-20(7-5-19)29-24-10-12-28-25-15-18(26)3-8-23(24)25/h3,8,10,12-16,19-20,27H,4-7,9,11H2,1-2H3,(H,28,29). The van der Waals surface area contributed by atoms with Gasteiger partial charge in [-0.3, -0.25) is 4.98 Å². The van der Waals surface area contributed by atoms with Crippen LogP contribution in [0.2, 0.25) is 5.02 Å². The van der Waals surface area contributed by atoms with Crippen molar-refractivity contribution >= 4 is 28.2 Å². The first-order valence-corrected chi connectivity index (χ1v) is 11.3. The van der Waals surface area contributed by atoms with E-state index in [1.807, 2.05) is 30.5 Å². The van der Waals surface area contributed by atoms with E-state index in [9.17, 15) is 0 Å². The predicted octanol–water partition coefficient (Wildman–Crippen LogP) is 5.46. The first-order valence-electron chi connectivity index (χ1n) is 10.9. The molecule has 1 heterocycles. The van der Waals surface area contributed by atoms with Crippen LogP contribution in [0.25, 0.3) is 10.9 Å². The van der Waals surface area contributed by atoms with Crippen LogP contribution >= 0.6 is 11.6 Å². The first-order chi connectivity index (χ1) is 15.1. The summed E-state index contributed by atoms with van der Waals surface area (Å²) in [7, 11) is 3.38. The molecular formula is C25H30ClN3O2. The van der Waals surface area contributed by atoms with Crippen LogP contribution in [-0.2, 0) is 6.42 Å². The second-order valence-corrected chi connectivity index (χ2v) is 8.57. The fraction of sp³-hybridized carbons (Fsp3) is 0.400. The highest BCUT2D eigenvalue weighted by molar-refractivity contribution is 6.31. The number of pyridine rings is 1. The summed E-state index contributed by atoms with van der Waals surface area (Å²) in [6, 6.07) is 15.1. The average Bonchev–Trinajstić information content (AvgIpc) is 2.80. The highest BCUT2D eigenvalue weighted by Gasteiger charge is 2.21. The van der Waals surface area contributed by atoms with E-state index in [0.29, 0.717) is 12.1 Å². The Morgan fingerprint density at radius 1 is 0.935 bits per heavy atom. The highest BCUT2D eigenvalue weighted by atomic mass is 35.5. The van der Waals surface area contributed by atoms with Crippen molar-refractivity contribution in [3.63, 3.8) is 0 Å². The number of aromatic nitrogens is 1. The van der Waals surface area contributed by atoms with Crippen molar-refractivity contribution in [2.75, 3.05) is 26.1 Å². The molecule has 0 atom stereocenters. The number of benzene rings is 2. The zero-order valence-corrected chi connectivity index (χ0v) is 18.9. The van der Waals surface area contributed by atoms with Crippen LogP contribution in [0.3, 0.4) is 0 Å². The molecule has 2 N–H and O–H groups in total. The number of halogens is 1. The number of ether oxygens (including phenoxy) is 2. The summed E-state index contributed by atoms with van der Waals surface area (Å²) in [4.78, 5) is 4.44. The summed E-state index contributed by atoms with van der Waals surface area (Å²) in [5, 5.41) is 9.31. The monoisotopic (exact) mass is 439 g/mol. The van der Waals surface area contributed by atoms with Gasteiger partial charge in [-0.05, 0) is 80.6 Å². The maximum atomic E-state index is 6.11. The van der Waals surface area contributed by atoms with Crippen molar-refractivity contribution in [3.8, 4) is 11.5 Å². The van der Waals surface area contributed by atoms with E-state index >= 15 is 0 Å². The Labute approximate surface area is 189 Å². The quantitative estimate of drug-likeness (QED) is 0.488. The maximum Gasteiger partial charge on any atom is 0.122 e. The third-order valence-electron chi connectivity index (χ3n) is 6.05. The number of anilines is 1. The molecule has 0 unspecified atom stereocenters. The zero-order valence-electron chi connectivity index (χ0n) is 18.2. The van der Waals surface area contributed by atoms with E-state index in [-0.39, 0.29) is 0 Å². The van der Waals surface area contributed by atoms with Crippen LogP contribution in [0, 0.1) is 0 Å². The SMILES string of the molecule is COc1cc(CCNC2CCC(Nc3ccnc4cc(Cl)ccc34)CC2)cc(OC)c1. The van der Waals surface area contributed by atoms with E-state index in [1.165, 1.54) is 18.4 Å². The minimum Gasteiger partial charge on any atom is -0.497 e. The Hall–Kier alpha value is -2.50. The third kappa shape index (κ3) is 5.60. The van der Waals surface area contributed by atoms with E-state index < -0.39 is 0 Å². The Bertz CT molecular complexity index is 997. The number of hydrogen-bond donors (Lipinski definition) is 2. The van der Waals surface area contributed by atoms with Crippen LogP contribution in [0.15, 0.2) is 48.7 Å². The number of methoxy groups -OCH3 is 2. The van der Waals surface area contributed by atoms with Gasteiger partial charge in [0.25, 0.3) is 0 Å². The van der Waals surface area contributed by atoms with Crippen LogP contribution in [0.1, 0.15) is 31.2 Å². The Kier molecular flexibility index (Phi) is 7.15. The van der Waals surface area contributed by atoms with Gasteiger partial charge in [-0.1, -0.05) is 11.6 Å². The molecule has 0 aliphatic heterocycles. The van der Waals surface area contributed by atoms with Crippen LogP contribution < -0.4 is 20.1 Å². The molecule has 1 saturated carbocycles. The minimum absolute atomic E-state index is 0.488. The number of nitrogens with zero attached hydrogens (tertiary/aromatic N) is 1. The zero-order chi connectivity index (χ0) is 21.6. The fourth-order valence-electron chi connectivity index (χ4n) is 4.34. The molecule has 1 aliphatic carbocycles. The molecule has 0 spiro atoms. The molecule has 6 heteroatoms. The van der Waals surface area contributed by atoms with E-state index in [2.05, 4.69) is 33.8 Å². The van der Waals surface area contributed by atoms with Gasteiger partial charge in [0, 0.05) is 40.4 Å². The Morgan fingerprint density at radius 2 is 1.65 bits per heavy atom. The molecule has 0 radical (unpaired) electrons. The molecular weight excluding hydrogens is 410 g/mol. The van der Waals surface area contributed by atoms with Gasteiger partial charge in [-0.25, -0.2) is 0 Å². The normalized spacial score (nSPS) is 18.7. The lowest BCUT2D eigenvalue weighted by Gasteiger charge is -2.30.